The molecule has 31 heavy (non-hydrogen) atoms. The van der Waals surface area contributed by atoms with Crippen molar-refractivity contribution in [1.82, 2.24) is 5.32 Å². The summed E-state index contributed by atoms with van der Waals surface area (Å²) in [6.07, 6.45) is -2.41. The van der Waals surface area contributed by atoms with Crippen molar-refractivity contribution in [2.24, 2.45) is 0 Å². The van der Waals surface area contributed by atoms with Gasteiger partial charge in [0.15, 0.2) is 5.76 Å². The molecule has 2 aliphatic heterocycles. The molecule has 6 nitrogen and oxygen atoms in total. The van der Waals surface area contributed by atoms with Crippen LogP contribution in [0.2, 0.25) is 0 Å². The van der Waals surface area contributed by atoms with Gasteiger partial charge in [0.1, 0.15) is 6.04 Å². The number of hydrogen-bond donors (Lipinski definition) is 1. The highest BCUT2D eigenvalue weighted by molar-refractivity contribution is 6.09. The molecule has 166 valence electrons. The minimum atomic E-state index is -4.31. The Hall–Kier alpha value is -2.81. The fourth-order valence-electron chi connectivity index (χ4n) is 4.57. The normalized spacial score (nSPS) is 24.1. The predicted molar refractivity (Wildman–Crippen MR) is 109 cm³/mol. The van der Waals surface area contributed by atoms with E-state index in [0.29, 0.717) is 17.8 Å². The standard InChI is InChI=1S/C22H24F3N3O3/c1-13-12-27(21(30)19-4-3-9-31-19)18-10-15(5-6-17(18)28(13)14(2)29)16-7-8-26-20(11-16)22(23,24)25/h3-6,9-10,13,16,20,26H,7-8,11-12H2,1-2H3/t13-,16?,20?/m0/s1. The van der Waals surface area contributed by atoms with Crippen molar-refractivity contribution < 1.29 is 27.2 Å². The number of carbonyl (C=O) groups excluding carboxylic acids is 2. The molecule has 0 radical (unpaired) electrons. The predicted octanol–water partition coefficient (Wildman–Crippen LogP) is 4.08. The minimum Gasteiger partial charge on any atom is -0.459 e. The van der Waals surface area contributed by atoms with Crippen LogP contribution in [0.4, 0.5) is 24.5 Å². The van der Waals surface area contributed by atoms with Crippen molar-refractivity contribution in [3.63, 3.8) is 0 Å². The van der Waals surface area contributed by atoms with E-state index in [4.69, 9.17) is 4.42 Å². The maximum atomic E-state index is 13.2. The van der Waals surface area contributed by atoms with E-state index in [2.05, 4.69) is 5.32 Å². The Morgan fingerprint density at radius 3 is 2.61 bits per heavy atom. The molecule has 0 aliphatic carbocycles. The van der Waals surface area contributed by atoms with Crippen LogP contribution in [-0.4, -0.2) is 43.2 Å². The van der Waals surface area contributed by atoms with Gasteiger partial charge in [0, 0.05) is 13.5 Å². The molecule has 1 N–H and O–H groups in total. The summed E-state index contributed by atoms with van der Waals surface area (Å²) < 4.78 is 45.0. The third-order valence-electron chi connectivity index (χ3n) is 6.02. The maximum absolute atomic E-state index is 13.2. The lowest BCUT2D eigenvalue weighted by molar-refractivity contribution is -0.161. The van der Waals surface area contributed by atoms with Crippen molar-refractivity contribution in [2.45, 2.75) is 50.9 Å². The zero-order valence-corrected chi connectivity index (χ0v) is 17.3. The van der Waals surface area contributed by atoms with Crippen LogP contribution in [0.15, 0.2) is 41.0 Å². The van der Waals surface area contributed by atoms with E-state index in [0.717, 1.165) is 5.56 Å². The van der Waals surface area contributed by atoms with E-state index in [1.807, 2.05) is 6.92 Å². The number of rotatable bonds is 2. The number of carbonyl (C=O) groups is 2. The molecular formula is C22H24F3N3O3. The van der Waals surface area contributed by atoms with Gasteiger partial charge in [0.25, 0.3) is 5.91 Å². The van der Waals surface area contributed by atoms with Crippen LogP contribution in [0.5, 0.6) is 0 Å². The molecule has 2 amide bonds. The summed E-state index contributed by atoms with van der Waals surface area (Å²) in [5.41, 5.74) is 1.80. The minimum absolute atomic E-state index is 0.0682. The molecule has 2 aliphatic rings. The number of amides is 2. The van der Waals surface area contributed by atoms with E-state index in [-0.39, 0.29) is 49.0 Å². The van der Waals surface area contributed by atoms with Crippen molar-refractivity contribution in [3.8, 4) is 0 Å². The average Bonchev–Trinajstić information content (AvgIpc) is 3.26. The molecule has 0 spiro atoms. The van der Waals surface area contributed by atoms with Crippen molar-refractivity contribution in [2.75, 3.05) is 22.9 Å². The number of furan rings is 1. The van der Waals surface area contributed by atoms with E-state index >= 15 is 0 Å². The average molecular weight is 435 g/mol. The Morgan fingerprint density at radius 1 is 1.19 bits per heavy atom. The SMILES string of the molecule is CC(=O)N1c2ccc(C3CCNC(C(F)(F)F)C3)cc2N(C(=O)c2ccco2)C[C@@H]1C. The first-order chi connectivity index (χ1) is 14.7. The smallest absolute Gasteiger partial charge is 0.403 e. The summed E-state index contributed by atoms with van der Waals surface area (Å²) in [5.74, 6) is -0.648. The first-order valence-electron chi connectivity index (χ1n) is 10.3. The van der Waals surface area contributed by atoms with Gasteiger partial charge in [-0.1, -0.05) is 6.07 Å². The number of nitrogens with one attached hydrogen (secondary N) is 1. The molecule has 1 saturated heterocycles. The third-order valence-corrected chi connectivity index (χ3v) is 6.02. The highest BCUT2D eigenvalue weighted by atomic mass is 19.4. The van der Waals surface area contributed by atoms with Crippen LogP contribution in [0, 0.1) is 0 Å². The number of hydrogen-bond acceptors (Lipinski definition) is 4. The fourth-order valence-corrected chi connectivity index (χ4v) is 4.57. The van der Waals surface area contributed by atoms with Crippen molar-refractivity contribution in [1.29, 1.82) is 0 Å². The maximum Gasteiger partial charge on any atom is 0.403 e. The molecule has 2 aromatic rings. The Bertz CT molecular complexity index is 974. The summed E-state index contributed by atoms with van der Waals surface area (Å²) in [5, 5.41) is 2.54. The van der Waals surface area contributed by atoms with Gasteiger partial charge in [0.05, 0.1) is 23.7 Å². The van der Waals surface area contributed by atoms with E-state index in [1.54, 1.807) is 40.1 Å². The van der Waals surface area contributed by atoms with Gasteiger partial charge < -0.3 is 19.5 Å². The van der Waals surface area contributed by atoms with Crippen LogP contribution >= 0.6 is 0 Å². The topological polar surface area (TPSA) is 65.8 Å². The Kier molecular flexibility index (Phi) is 5.55. The number of nitrogens with zero attached hydrogens (tertiary/aromatic N) is 2. The monoisotopic (exact) mass is 435 g/mol. The lowest BCUT2D eigenvalue weighted by Gasteiger charge is -2.41. The molecular weight excluding hydrogens is 411 g/mol. The summed E-state index contributed by atoms with van der Waals surface area (Å²) in [7, 11) is 0. The highest BCUT2D eigenvalue weighted by Crippen LogP contribution is 2.41. The number of piperidine rings is 1. The van der Waals surface area contributed by atoms with E-state index in [1.165, 1.54) is 13.2 Å². The molecule has 9 heteroatoms. The first-order valence-corrected chi connectivity index (χ1v) is 10.3. The number of halogens is 3. The molecule has 2 unspecified atom stereocenters. The molecule has 0 bridgehead atoms. The number of anilines is 2. The zero-order valence-electron chi connectivity index (χ0n) is 17.3. The second kappa shape index (κ2) is 8.03. The Labute approximate surface area is 178 Å². The summed E-state index contributed by atoms with van der Waals surface area (Å²) in [4.78, 5) is 28.5. The summed E-state index contributed by atoms with van der Waals surface area (Å²) in [6, 6.07) is 6.61. The number of fused-ring (bicyclic) bond motifs is 1. The summed E-state index contributed by atoms with van der Waals surface area (Å²) in [6.45, 7) is 3.82. The number of benzene rings is 1. The molecule has 4 rings (SSSR count). The zero-order chi connectivity index (χ0) is 22.3. The van der Waals surface area contributed by atoms with Crippen LogP contribution in [0.25, 0.3) is 0 Å². The summed E-state index contributed by atoms with van der Waals surface area (Å²) >= 11 is 0. The van der Waals surface area contributed by atoms with Crippen LogP contribution in [-0.2, 0) is 4.79 Å². The van der Waals surface area contributed by atoms with Crippen LogP contribution in [0.3, 0.4) is 0 Å². The molecule has 3 heterocycles. The van der Waals surface area contributed by atoms with Gasteiger partial charge in [0.2, 0.25) is 5.91 Å². The van der Waals surface area contributed by atoms with Gasteiger partial charge in [-0.15, -0.1) is 0 Å². The third kappa shape index (κ3) is 4.06. The van der Waals surface area contributed by atoms with Crippen molar-refractivity contribution >= 4 is 23.2 Å². The van der Waals surface area contributed by atoms with Crippen LogP contribution in [0.1, 0.15) is 48.7 Å². The van der Waals surface area contributed by atoms with Gasteiger partial charge in [-0.3, -0.25) is 9.59 Å². The Morgan fingerprint density at radius 2 is 1.97 bits per heavy atom. The molecule has 1 aromatic heterocycles. The van der Waals surface area contributed by atoms with Gasteiger partial charge in [-0.05, 0) is 62.1 Å². The first kappa shape index (κ1) is 21.4. The molecule has 3 atom stereocenters. The largest absolute Gasteiger partial charge is 0.459 e. The quantitative estimate of drug-likeness (QED) is 0.772. The van der Waals surface area contributed by atoms with Gasteiger partial charge in [-0.25, -0.2) is 0 Å². The fraction of sp³-hybridized carbons (Fsp3) is 0.455. The molecule has 0 saturated carbocycles. The van der Waals surface area contributed by atoms with Crippen molar-refractivity contribution in [3.05, 3.63) is 47.9 Å². The number of alkyl halides is 3. The second-order valence-electron chi connectivity index (χ2n) is 8.15. The lowest BCUT2D eigenvalue weighted by atomic mass is 9.85. The lowest BCUT2D eigenvalue weighted by Crippen LogP contribution is -2.51. The van der Waals surface area contributed by atoms with E-state index < -0.39 is 12.2 Å². The van der Waals surface area contributed by atoms with E-state index in [9.17, 15) is 22.8 Å². The molecule has 1 fully saturated rings. The van der Waals surface area contributed by atoms with Crippen LogP contribution < -0.4 is 15.1 Å². The molecule has 1 aromatic carbocycles. The van der Waals surface area contributed by atoms with Gasteiger partial charge >= 0.3 is 6.18 Å². The van der Waals surface area contributed by atoms with Gasteiger partial charge in [-0.2, -0.15) is 13.2 Å². The highest BCUT2D eigenvalue weighted by Gasteiger charge is 2.43. The Balaban J connectivity index is 1.73. The second-order valence-corrected chi connectivity index (χ2v) is 8.15.